The number of thiophene rings is 1. The molecule has 2 aromatic rings. The summed E-state index contributed by atoms with van der Waals surface area (Å²) < 4.78 is 28.8. The molecule has 2 aromatic heterocycles. The summed E-state index contributed by atoms with van der Waals surface area (Å²) in [5, 5.41) is 5.68. The molecule has 0 radical (unpaired) electrons. The van der Waals surface area contributed by atoms with Gasteiger partial charge in [-0.05, 0) is 27.4 Å². The lowest BCUT2D eigenvalue weighted by Gasteiger charge is -2.05. The minimum atomic E-state index is -3.46. The zero-order valence-electron chi connectivity index (χ0n) is 9.21. The van der Waals surface area contributed by atoms with E-state index in [1.54, 1.807) is 22.3 Å². The van der Waals surface area contributed by atoms with E-state index in [4.69, 9.17) is 5.73 Å². The first-order valence-electron chi connectivity index (χ1n) is 4.99. The molecule has 2 heterocycles. The van der Waals surface area contributed by atoms with Crippen LogP contribution in [0.25, 0.3) is 0 Å². The number of nitrogen functional groups attached to an aromatic ring is 1. The van der Waals surface area contributed by atoms with Gasteiger partial charge in [0.05, 0.1) is 18.4 Å². The number of halogens is 1. The molecule has 0 saturated carbocycles. The number of aromatic nitrogens is 2. The van der Waals surface area contributed by atoms with E-state index in [-0.39, 0.29) is 10.8 Å². The molecule has 0 saturated heterocycles. The monoisotopic (exact) mass is 350 g/mol. The third-order valence-corrected chi connectivity index (χ3v) is 6.25. The van der Waals surface area contributed by atoms with Gasteiger partial charge in [-0.25, -0.2) is 13.1 Å². The topological polar surface area (TPSA) is 90.0 Å². The highest BCUT2D eigenvalue weighted by molar-refractivity contribution is 9.10. The summed E-state index contributed by atoms with van der Waals surface area (Å²) in [6.45, 7) is 0.688. The Balaban J connectivity index is 1.96. The van der Waals surface area contributed by atoms with Gasteiger partial charge in [0.15, 0.2) is 0 Å². The molecule has 0 aromatic carbocycles. The lowest BCUT2D eigenvalue weighted by molar-refractivity contribution is 0.562. The largest absolute Gasteiger partial charge is 0.396 e. The van der Waals surface area contributed by atoms with E-state index < -0.39 is 10.0 Å². The maximum atomic E-state index is 11.9. The summed E-state index contributed by atoms with van der Waals surface area (Å²) in [5.41, 5.74) is 6.06. The van der Waals surface area contributed by atoms with E-state index in [0.29, 0.717) is 16.7 Å². The van der Waals surface area contributed by atoms with Crippen molar-refractivity contribution in [2.75, 3.05) is 12.3 Å². The summed E-state index contributed by atoms with van der Waals surface area (Å²) in [4.78, 5) is 0. The van der Waals surface area contributed by atoms with Gasteiger partial charge in [-0.3, -0.25) is 4.68 Å². The van der Waals surface area contributed by atoms with E-state index in [9.17, 15) is 8.42 Å². The van der Waals surface area contributed by atoms with Gasteiger partial charge in [-0.15, -0.1) is 11.3 Å². The van der Waals surface area contributed by atoms with Crippen molar-refractivity contribution in [3.8, 4) is 0 Å². The quantitative estimate of drug-likeness (QED) is 0.849. The first kappa shape index (κ1) is 13.5. The molecular formula is C9H11BrN4O2S2. The van der Waals surface area contributed by atoms with Crippen LogP contribution in [0.3, 0.4) is 0 Å². The van der Waals surface area contributed by atoms with E-state index in [1.165, 1.54) is 17.5 Å². The average Bonchev–Trinajstić information content (AvgIpc) is 2.87. The predicted octanol–water partition coefficient (Wildman–Crippen LogP) is 1.27. The van der Waals surface area contributed by atoms with Crippen molar-refractivity contribution in [2.45, 2.75) is 10.8 Å². The lowest BCUT2D eigenvalue weighted by atomic mass is 10.6. The molecule has 18 heavy (non-hydrogen) atoms. The minimum Gasteiger partial charge on any atom is -0.396 e. The fourth-order valence-corrected chi connectivity index (χ4v) is 4.73. The van der Waals surface area contributed by atoms with Crippen LogP contribution in [0.4, 0.5) is 5.69 Å². The van der Waals surface area contributed by atoms with Gasteiger partial charge >= 0.3 is 0 Å². The molecule has 0 bridgehead atoms. The molecule has 9 heteroatoms. The van der Waals surface area contributed by atoms with E-state index in [0.717, 1.165) is 0 Å². The summed E-state index contributed by atoms with van der Waals surface area (Å²) in [6.07, 6.45) is 3.17. The predicted molar refractivity (Wildman–Crippen MR) is 73.8 cm³/mol. The molecule has 0 aliphatic heterocycles. The fraction of sp³-hybridized carbons (Fsp3) is 0.222. The molecule has 98 valence electrons. The van der Waals surface area contributed by atoms with Gasteiger partial charge in [-0.1, -0.05) is 0 Å². The normalized spacial score (nSPS) is 11.8. The Morgan fingerprint density at radius 3 is 2.89 bits per heavy atom. The van der Waals surface area contributed by atoms with Gasteiger partial charge < -0.3 is 5.73 Å². The van der Waals surface area contributed by atoms with Crippen LogP contribution in [-0.4, -0.2) is 24.7 Å². The van der Waals surface area contributed by atoms with Crippen LogP contribution >= 0.6 is 27.3 Å². The summed E-state index contributed by atoms with van der Waals surface area (Å²) >= 11 is 4.37. The van der Waals surface area contributed by atoms with Gasteiger partial charge in [-0.2, -0.15) is 5.10 Å². The Morgan fingerprint density at radius 2 is 2.33 bits per heavy atom. The van der Waals surface area contributed by atoms with Crippen molar-refractivity contribution in [3.05, 3.63) is 28.3 Å². The molecule has 0 amide bonds. The highest BCUT2D eigenvalue weighted by Crippen LogP contribution is 2.27. The summed E-state index contributed by atoms with van der Waals surface area (Å²) in [7, 11) is -3.46. The van der Waals surface area contributed by atoms with Crippen molar-refractivity contribution in [1.82, 2.24) is 14.5 Å². The second kappa shape index (κ2) is 5.39. The van der Waals surface area contributed by atoms with Crippen LogP contribution < -0.4 is 10.5 Å². The number of hydrogen-bond acceptors (Lipinski definition) is 5. The van der Waals surface area contributed by atoms with Crippen molar-refractivity contribution >= 4 is 43.0 Å². The van der Waals surface area contributed by atoms with Gasteiger partial charge in [0.25, 0.3) is 10.0 Å². The molecule has 0 aliphatic carbocycles. The van der Waals surface area contributed by atoms with E-state index >= 15 is 0 Å². The van der Waals surface area contributed by atoms with E-state index in [1.807, 2.05) is 0 Å². The lowest BCUT2D eigenvalue weighted by Crippen LogP contribution is -2.27. The number of nitrogens with two attached hydrogens (primary N) is 1. The first-order chi connectivity index (χ1) is 8.49. The molecule has 6 nitrogen and oxygen atoms in total. The van der Waals surface area contributed by atoms with Crippen LogP contribution in [0.15, 0.2) is 32.5 Å². The molecule has 2 rings (SSSR count). The van der Waals surface area contributed by atoms with Crippen molar-refractivity contribution in [3.63, 3.8) is 0 Å². The maximum absolute atomic E-state index is 11.9. The molecule has 0 aliphatic rings. The fourth-order valence-electron chi connectivity index (χ4n) is 1.33. The van der Waals surface area contributed by atoms with Crippen LogP contribution in [0.2, 0.25) is 0 Å². The number of rotatable bonds is 5. The highest BCUT2D eigenvalue weighted by Gasteiger charge is 2.18. The minimum absolute atomic E-state index is 0.258. The van der Waals surface area contributed by atoms with Crippen LogP contribution in [-0.2, 0) is 16.6 Å². The Labute approximate surface area is 117 Å². The average molecular weight is 351 g/mol. The third-order valence-electron chi connectivity index (χ3n) is 2.11. The number of hydrogen-bond donors (Lipinski definition) is 2. The van der Waals surface area contributed by atoms with Gasteiger partial charge in [0, 0.05) is 17.2 Å². The number of anilines is 1. The first-order valence-corrected chi connectivity index (χ1v) is 8.15. The zero-order chi connectivity index (χ0) is 13.2. The second-order valence-electron chi connectivity index (χ2n) is 3.49. The Morgan fingerprint density at radius 1 is 1.56 bits per heavy atom. The number of sulfonamides is 1. The van der Waals surface area contributed by atoms with Crippen molar-refractivity contribution < 1.29 is 8.42 Å². The molecule has 0 atom stereocenters. The molecule has 0 fully saturated rings. The molecule has 0 spiro atoms. The Bertz CT molecular complexity index is 635. The molecular weight excluding hydrogens is 340 g/mol. The Hall–Kier alpha value is -0.900. The second-order valence-corrected chi connectivity index (χ2v) is 7.22. The van der Waals surface area contributed by atoms with Crippen molar-refractivity contribution in [2.24, 2.45) is 0 Å². The molecule has 3 N–H and O–H groups in total. The standard InChI is InChI=1S/C9H11BrN4O2S2/c10-8-1-4-17-9(8)18(15,16)13-2-3-14-6-7(11)5-12-14/h1,4-6,13H,2-3,11H2. The number of nitrogens with zero attached hydrogens (tertiary/aromatic N) is 2. The summed E-state index contributed by atoms with van der Waals surface area (Å²) in [6, 6.07) is 1.70. The van der Waals surface area contributed by atoms with Crippen LogP contribution in [0.5, 0.6) is 0 Å². The van der Waals surface area contributed by atoms with Crippen LogP contribution in [0.1, 0.15) is 0 Å². The smallest absolute Gasteiger partial charge is 0.251 e. The Kier molecular flexibility index (Phi) is 4.05. The van der Waals surface area contributed by atoms with Gasteiger partial charge in [0.1, 0.15) is 4.21 Å². The zero-order valence-corrected chi connectivity index (χ0v) is 12.4. The van der Waals surface area contributed by atoms with E-state index in [2.05, 4.69) is 25.8 Å². The summed E-state index contributed by atoms with van der Waals surface area (Å²) in [5.74, 6) is 0. The van der Waals surface area contributed by atoms with Crippen LogP contribution in [0, 0.1) is 0 Å². The number of nitrogens with one attached hydrogen (secondary N) is 1. The van der Waals surface area contributed by atoms with Gasteiger partial charge in [0.2, 0.25) is 0 Å². The SMILES string of the molecule is Nc1cnn(CCNS(=O)(=O)c2sccc2Br)c1. The maximum Gasteiger partial charge on any atom is 0.251 e. The third kappa shape index (κ3) is 3.10. The highest BCUT2D eigenvalue weighted by atomic mass is 79.9. The van der Waals surface area contributed by atoms with Crippen molar-refractivity contribution in [1.29, 1.82) is 0 Å². The molecule has 0 unspecified atom stereocenters.